The molecule has 1 aromatic rings. The van der Waals surface area contributed by atoms with E-state index in [1.54, 1.807) is 0 Å². The Bertz CT molecular complexity index is 447. The van der Waals surface area contributed by atoms with Crippen LogP contribution in [-0.2, 0) is 24.2 Å². The third kappa shape index (κ3) is 3.90. The maximum Gasteiger partial charge on any atom is 0.152 e. The van der Waals surface area contributed by atoms with E-state index < -0.39 is 0 Å². The lowest BCUT2D eigenvalue weighted by Crippen LogP contribution is -2.42. The number of Topliss-reactive ketones (excluding diaryl/α,β-unsaturated/α-hetero) is 1. The smallest absolute Gasteiger partial charge is 0.152 e. The summed E-state index contributed by atoms with van der Waals surface area (Å²) in [6.45, 7) is 7.40. The minimum absolute atomic E-state index is 0.276. The number of nitrogens with zero attached hydrogens (tertiary/aromatic N) is 3. The molecule has 1 aliphatic rings. The molecular formula is C15H26N4O. The van der Waals surface area contributed by atoms with Crippen LogP contribution in [0.2, 0.25) is 0 Å². The second-order valence-electron chi connectivity index (χ2n) is 5.63. The van der Waals surface area contributed by atoms with Gasteiger partial charge in [-0.3, -0.25) is 14.4 Å². The molecule has 0 radical (unpaired) electrons. The Morgan fingerprint density at radius 2 is 2.10 bits per heavy atom. The summed E-state index contributed by atoms with van der Waals surface area (Å²) in [7, 11) is 0. The van der Waals surface area contributed by atoms with Crippen molar-refractivity contribution in [2.75, 3.05) is 19.6 Å². The van der Waals surface area contributed by atoms with E-state index in [0.29, 0.717) is 19.0 Å². The number of likely N-dealkylation sites (tertiary alicyclic amines) is 1. The number of hydrogen-bond acceptors (Lipinski definition) is 4. The number of aryl methyl sites for hydroxylation is 2. The summed E-state index contributed by atoms with van der Waals surface area (Å²) in [5.74, 6) is 0.276. The van der Waals surface area contributed by atoms with Gasteiger partial charge in [-0.05, 0) is 32.3 Å². The van der Waals surface area contributed by atoms with Crippen molar-refractivity contribution >= 4 is 5.78 Å². The van der Waals surface area contributed by atoms with Gasteiger partial charge < -0.3 is 5.73 Å². The summed E-state index contributed by atoms with van der Waals surface area (Å²) in [4.78, 5) is 14.4. The van der Waals surface area contributed by atoms with Crippen LogP contribution in [0.1, 0.15) is 38.1 Å². The molecule has 2 rings (SSSR count). The maximum absolute atomic E-state index is 12.2. The quantitative estimate of drug-likeness (QED) is 0.843. The van der Waals surface area contributed by atoms with Crippen molar-refractivity contribution in [2.24, 2.45) is 5.73 Å². The van der Waals surface area contributed by atoms with Crippen LogP contribution in [0.3, 0.4) is 0 Å². The molecule has 2 N–H and O–H groups in total. The van der Waals surface area contributed by atoms with Crippen LogP contribution >= 0.6 is 0 Å². The minimum atomic E-state index is 0.276. The summed E-state index contributed by atoms with van der Waals surface area (Å²) in [5.41, 5.74) is 8.00. The highest BCUT2D eigenvalue weighted by Gasteiger charge is 2.19. The number of carbonyl (C=O) groups excluding carboxylic acids is 1. The third-order valence-electron chi connectivity index (χ3n) is 3.99. The fraction of sp³-hybridized carbons (Fsp3) is 0.733. The summed E-state index contributed by atoms with van der Waals surface area (Å²) >= 11 is 0. The molecule has 0 bridgehead atoms. The van der Waals surface area contributed by atoms with Gasteiger partial charge in [0.15, 0.2) is 5.78 Å². The number of aromatic nitrogens is 2. The van der Waals surface area contributed by atoms with Gasteiger partial charge in [0, 0.05) is 37.8 Å². The molecule has 0 aromatic carbocycles. The molecule has 0 spiro atoms. The Balaban J connectivity index is 1.89. The molecule has 2 heterocycles. The van der Waals surface area contributed by atoms with E-state index in [-0.39, 0.29) is 5.78 Å². The van der Waals surface area contributed by atoms with E-state index in [4.69, 9.17) is 5.73 Å². The Labute approximate surface area is 121 Å². The number of piperidine rings is 1. The SMILES string of the molecule is CCc1cc(CC(=O)CN2CCC(N)CC2)n(CC)n1. The normalized spacial score (nSPS) is 17.6. The molecule has 0 unspecified atom stereocenters. The summed E-state index contributed by atoms with van der Waals surface area (Å²) in [6, 6.07) is 2.38. The molecule has 0 aliphatic carbocycles. The van der Waals surface area contributed by atoms with Gasteiger partial charge in [-0.15, -0.1) is 0 Å². The maximum atomic E-state index is 12.2. The molecule has 1 fully saturated rings. The van der Waals surface area contributed by atoms with Crippen molar-refractivity contribution in [3.63, 3.8) is 0 Å². The number of ketones is 1. The van der Waals surface area contributed by atoms with E-state index in [1.807, 2.05) is 4.68 Å². The third-order valence-corrected chi connectivity index (χ3v) is 3.99. The van der Waals surface area contributed by atoms with Gasteiger partial charge in [-0.1, -0.05) is 6.92 Å². The van der Waals surface area contributed by atoms with Gasteiger partial charge in [-0.25, -0.2) is 0 Å². The first-order valence-electron chi connectivity index (χ1n) is 7.67. The Morgan fingerprint density at radius 3 is 2.70 bits per heavy atom. The van der Waals surface area contributed by atoms with Gasteiger partial charge in [0.1, 0.15) is 0 Å². The number of carbonyl (C=O) groups is 1. The predicted molar refractivity (Wildman–Crippen MR) is 79.6 cm³/mol. The van der Waals surface area contributed by atoms with Crippen molar-refractivity contribution in [1.82, 2.24) is 14.7 Å². The molecule has 0 saturated carbocycles. The largest absolute Gasteiger partial charge is 0.328 e. The molecule has 0 atom stereocenters. The summed E-state index contributed by atoms with van der Waals surface area (Å²) in [6.07, 6.45) is 3.40. The van der Waals surface area contributed by atoms with Gasteiger partial charge in [0.05, 0.1) is 12.2 Å². The second kappa shape index (κ2) is 6.99. The first-order valence-corrected chi connectivity index (χ1v) is 7.67. The molecular weight excluding hydrogens is 252 g/mol. The van der Waals surface area contributed by atoms with Crippen LogP contribution in [0.15, 0.2) is 6.07 Å². The summed E-state index contributed by atoms with van der Waals surface area (Å²) in [5, 5.41) is 4.49. The monoisotopic (exact) mass is 278 g/mol. The first kappa shape index (κ1) is 15.2. The molecule has 1 aliphatic heterocycles. The zero-order valence-electron chi connectivity index (χ0n) is 12.6. The van der Waals surface area contributed by atoms with Crippen LogP contribution in [0.5, 0.6) is 0 Å². The van der Waals surface area contributed by atoms with Crippen molar-refractivity contribution in [3.8, 4) is 0 Å². The lowest BCUT2D eigenvalue weighted by molar-refractivity contribution is -0.119. The highest BCUT2D eigenvalue weighted by molar-refractivity contribution is 5.82. The van der Waals surface area contributed by atoms with Crippen LogP contribution in [0.25, 0.3) is 0 Å². The molecule has 112 valence electrons. The Hall–Kier alpha value is -1.20. The predicted octanol–water partition coefficient (Wildman–Crippen LogP) is 1.00. The number of nitrogens with two attached hydrogens (primary N) is 1. The average Bonchev–Trinajstić information content (AvgIpc) is 2.83. The zero-order valence-corrected chi connectivity index (χ0v) is 12.6. The molecule has 5 nitrogen and oxygen atoms in total. The average molecular weight is 278 g/mol. The van der Waals surface area contributed by atoms with E-state index in [2.05, 4.69) is 29.9 Å². The fourth-order valence-electron chi connectivity index (χ4n) is 2.72. The molecule has 1 saturated heterocycles. The van der Waals surface area contributed by atoms with E-state index in [0.717, 1.165) is 50.3 Å². The molecule has 0 amide bonds. The van der Waals surface area contributed by atoms with Gasteiger partial charge in [0.2, 0.25) is 0 Å². The van der Waals surface area contributed by atoms with Gasteiger partial charge in [-0.2, -0.15) is 5.10 Å². The number of rotatable bonds is 6. The highest BCUT2D eigenvalue weighted by Crippen LogP contribution is 2.10. The topological polar surface area (TPSA) is 64.2 Å². The Morgan fingerprint density at radius 1 is 1.40 bits per heavy atom. The number of hydrogen-bond donors (Lipinski definition) is 1. The van der Waals surface area contributed by atoms with E-state index in [1.165, 1.54) is 0 Å². The van der Waals surface area contributed by atoms with Crippen LogP contribution < -0.4 is 5.73 Å². The zero-order chi connectivity index (χ0) is 14.5. The highest BCUT2D eigenvalue weighted by atomic mass is 16.1. The van der Waals surface area contributed by atoms with Crippen molar-refractivity contribution in [3.05, 3.63) is 17.5 Å². The second-order valence-corrected chi connectivity index (χ2v) is 5.63. The molecule has 1 aromatic heterocycles. The van der Waals surface area contributed by atoms with Gasteiger partial charge >= 0.3 is 0 Å². The molecule has 5 heteroatoms. The van der Waals surface area contributed by atoms with Gasteiger partial charge in [0.25, 0.3) is 0 Å². The van der Waals surface area contributed by atoms with Crippen LogP contribution in [0, 0.1) is 0 Å². The van der Waals surface area contributed by atoms with Crippen LogP contribution in [0.4, 0.5) is 0 Å². The van der Waals surface area contributed by atoms with E-state index >= 15 is 0 Å². The van der Waals surface area contributed by atoms with E-state index in [9.17, 15) is 4.79 Å². The fourth-order valence-corrected chi connectivity index (χ4v) is 2.72. The van der Waals surface area contributed by atoms with Crippen molar-refractivity contribution in [1.29, 1.82) is 0 Å². The minimum Gasteiger partial charge on any atom is -0.328 e. The lowest BCUT2D eigenvalue weighted by Gasteiger charge is -2.29. The first-order chi connectivity index (χ1) is 9.62. The Kier molecular flexibility index (Phi) is 5.31. The lowest BCUT2D eigenvalue weighted by atomic mass is 10.1. The standard InChI is InChI=1S/C15H26N4O/c1-3-13-9-14(19(4-2)17-13)10-15(20)11-18-7-5-12(16)6-8-18/h9,12H,3-8,10-11,16H2,1-2H3. The van der Waals surface area contributed by atoms with Crippen LogP contribution in [-0.4, -0.2) is 46.1 Å². The van der Waals surface area contributed by atoms with Crippen molar-refractivity contribution in [2.45, 2.75) is 52.1 Å². The summed E-state index contributed by atoms with van der Waals surface area (Å²) < 4.78 is 1.95. The molecule has 20 heavy (non-hydrogen) atoms. The van der Waals surface area contributed by atoms with Crippen molar-refractivity contribution < 1.29 is 4.79 Å².